The van der Waals surface area contributed by atoms with Gasteiger partial charge in [0.15, 0.2) is 6.10 Å². The van der Waals surface area contributed by atoms with Gasteiger partial charge < -0.3 is 14.2 Å². The summed E-state index contributed by atoms with van der Waals surface area (Å²) in [6.07, 6.45) is 35.6. The van der Waals surface area contributed by atoms with E-state index >= 15 is 0 Å². The van der Waals surface area contributed by atoms with E-state index in [1.54, 1.807) is 0 Å². The molecule has 0 spiro atoms. The average molecular weight is 695 g/mol. The second-order valence-electron chi connectivity index (χ2n) is 15.1. The first-order chi connectivity index (χ1) is 23.9. The van der Waals surface area contributed by atoms with E-state index in [4.69, 9.17) is 14.2 Å². The van der Waals surface area contributed by atoms with Gasteiger partial charge in [-0.15, -0.1) is 0 Å². The molecule has 6 heteroatoms. The van der Waals surface area contributed by atoms with Gasteiger partial charge in [-0.2, -0.15) is 0 Å². The van der Waals surface area contributed by atoms with Gasteiger partial charge in [-0.25, -0.2) is 0 Å². The molecular weight excluding hydrogens is 612 g/mol. The molecular formula is C43H82O6. The maximum absolute atomic E-state index is 12.6. The summed E-state index contributed by atoms with van der Waals surface area (Å²) in [5.41, 5.74) is 0. The fourth-order valence-electron chi connectivity index (χ4n) is 6.27. The molecule has 1 atom stereocenters. The minimum atomic E-state index is -0.757. The molecule has 0 N–H and O–H groups in total. The van der Waals surface area contributed by atoms with Crippen LogP contribution in [0.4, 0.5) is 0 Å². The molecule has 0 unspecified atom stereocenters. The molecule has 0 aliphatic carbocycles. The molecule has 290 valence electrons. The Hall–Kier alpha value is -1.59. The summed E-state index contributed by atoms with van der Waals surface area (Å²) in [5, 5.41) is 0. The maximum Gasteiger partial charge on any atom is 0.306 e. The Morgan fingerprint density at radius 3 is 1.00 bits per heavy atom. The molecule has 0 saturated carbocycles. The van der Waals surface area contributed by atoms with E-state index in [0.29, 0.717) is 19.3 Å². The first-order valence-electron chi connectivity index (χ1n) is 21.4. The highest BCUT2D eigenvalue weighted by Gasteiger charge is 2.19. The number of carbonyl (C=O) groups is 3. The van der Waals surface area contributed by atoms with Crippen LogP contribution >= 0.6 is 0 Å². The molecule has 0 amide bonds. The Balaban J connectivity index is 4.13. The van der Waals surface area contributed by atoms with Crippen LogP contribution in [0.25, 0.3) is 0 Å². The minimum Gasteiger partial charge on any atom is -0.462 e. The highest BCUT2D eigenvalue weighted by atomic mass is 16.6. The van der Waals surface area contributed by atoms with Gasteiger partial charge in [-0.05, 0) is 25.2 Å². The van der Waals surface area contributed by atoms with Crippen LogP contribution < -0.4 is 0 Å². The SMILES string of the molecule is CCCCCCCCCCCCCCCCCCCC(=O)OC[C@@H](COC(=O)CCCCCCC)OC(=O)CCCCCCCCC(C)C. The highest BCUT2D eigenvalue weighted by Crippen LogP contribution is 2.16. The Morgan fingerprint density at radius 2 is 0.673 bits per heavy atom. The number of esters is 3. The van der Waals surface area contributed by atoms with Gasteiger partial charge in [0.05, 0.1) is 0 Å². The highest BCUT2D eigenvalue weighted by molar-refractivity contribution is 5.71. The molecule has 0 aromatic carbocycles. The van der Waals surface area contributed by atoms with Crippen molar-refractivity contribution in [2.75, 3.05) is 13.2 Å². The summed E-state index contributed by atoms with van der Waals surface area (Å²) in [5.74, 6) is -0.119. The number of ether oxygens (including phenoxy) is 3. The predicted molar refractivity (Wildman–Crippen MR) is 206 cm³/mol. The average Bonchev–Trinajstić information content (AvgIpc) is 3.08. The van der Waals surface area contributed by atoms with Gasteiger partial charge in [0, 0.05) is 19.3 Å². The normalized spacial score (nSPS) is 11.9. The van der Waals surface area contributed by atoms with Gasteiger partial charge in [-0.1, -0.05) is 195 Å². The Bertz CT molecular complexity index is 736. The second kappa shape index (κ2) is 37.7. The molecule has 0 radical (unpaired) electrons. The van der Waals surface area contributed by atoms with Crippen molar-refractivity contribution >= 4 is 17.9 Å². The summed E-state index contributed by atoms with van der Waals surface area (Å²) in [6, 6.07) is 0. The summed E-state index contributed by atoms with van der Waals surface area (Å²) in [6.45, 7) is 8.83. The monoisotopic (exact) mass is 695 g/mol. The first-order valence-corrected chi connectivity index (χ1v) is 21.4. The lowest BCUT2D eigenvalue weighted by molar-refractivity contribution is -0.167. The minimum absolute atomic E-state index is 0.0663. The fourth-order valence-corrected chi connectivity index (χ4v) is 6.27. The van der Waals surface area contributed by atoms with Crippen molar-refractivity contribution in [1.82, 2.24) is 0 Å². The summed E-state index contributed by atoms with van der Waals surface area (Å²) in [7, 11) is 0. The molecule has 0 aromatic rings. The third kappa shape index (κ3) is 37.5. The van der Waals surface area contributed by atoms with Crippen LogP contribution in [0.15, 0.2) is 0 Å². The first kappa shape index (κ1) is 47.4. The molecule has 0 heterocycles. The van der Waals surface area contributed by atoms with Crippen LogP contribution in [0.3, 0.4) is 0 Å². The number of rotatable bonds is 38. The zero-order valence-corrected chi connectivity index (χ0v) is 33.1. The van der Waals surface area contributed by atoms with Gasteiger partial charge in [-0.3, -0.25) is 14.4 Å². The van der Waals surface area contributed by atoms with Gasteiger partial charge in [0.1, 0.15) is 13.2 Å². The van der Waals surface area contributed by atoms with Crippen molar-refractivity contribution < 1.29 is 28.6 Å². The Labute approximate surface area is 304 Å². The molecule has 6 nitrogen and oxygen atoms in total. The molecule has 0 aliphatic rings. The van der Waals surface area contributed by atoms with Crippen LogP contribution in [0.5, 0.6) is 0 Å². The third-order valence-corrected chi connectivity index (χ3v) is 9.54. The number of hydrogen-bond acceptors (Lipinski definition) is 6. The summed E-state index contributed by atoms with van der Waals surface area (Å²) < 4.78 is 16.5. The molecule has 0 fully saturated rings. The van der Waals surface area contributed by atoms with Gasteiger partial charge in [0.2, 0.25) is 0 Å². The van der Waals surface area contributed by atoms with E-state index < -0.39 is 6.10 Å². The number of unbranched alkanes of at least 4 members (excludes halogenated alkanes) is 25. The molecule has 0 aromatic heterocycles. The molecule has 49 heavy (non-hydrogen) atoms. The predicted octanol–water partition coefficient (Wildman–Crippen LogP) is 13.2. The quantitative estimate of drug-likeness (QED) is 0.0364. The summed E-state index contributed by atoms with van der Waals surface area (Å²) in [4.78, 5) is 37.3. The van der Waals surface area contributed by atoms with Crippen LogP contribution in [0, 0.1) is 5.92 Å². The lowest BCUT2D eigenvalue weighted by Crippen LogP contribution is -2.30. The van der Waals surface area contributed by atoms with Crippen LogP contribution in [-0.2, 0) is 28.6 Å². The zero-order valence-electron chi connectivity index (χ0n) is 33.1. The summed E-state index contributed by atoms with van der Waals surface area (Å²) >= 11 is 0. The van der Waals surface area contributed by atoms with E-state index in [1.807, 2.05) is 0 Å². The molecule has 0 aliphatic heterocycles. The van der Waals surface area contributed by atoms with Crippen molar-refractivity contribution in [3.05, 3.63) is 0 Å². The van der Waals surface area contributed by atoms with Crippen molar-refractivity contribution in [3.8, 4) is 0 Å². The smallest absolute Gasteiger partial charge is 0.306 e. The standard InChI is InChI=1S/C43H82O6/c1-5-7-9-11-12-13-14-15-16-17-18-19-20-21-22-27-31-35-42(45)48-38-40(37-47-41(44)34-30-25-10-8-6-2)49-43(46)36-32-28-24-23-26-29-33-39(3)4/h39-40H,5-38H2,1-4H3/t40-/m1/s1. The van der Waals surface area contributed by atoms with Crippen LogP contribution in [-0.4, -0.2) is 37.2 Å². The van der Waals surface area contributed by atoms with Gasteiger partial charge in [0.25, 0.3) is 0 Å². The van der Waals surface area contributed by atoms with Crippen molar-refractivity contribution in [2.45, 2.75) is 239 Å². The van der Waals surface area contributed by atoms with E-state index in [-0.39, 0.29) is 31.1 Å². The van der Waals surface area contributed by atoms with E-state index in [2.05, 4.69) is 27.7 Å². The fraction of sp³-hybridized carbons (Fsp3) is 0.930. The Morgan fingerprint density at radius 1 is 0.388 bits per heavy atom. The van der Waals surface area contributed by atoms with E-state index in [9.17, 15) is 14.4 Å². The van der Waals surface area contributed by atoms with Crippen LogP contribution in [0.1, 0.15) is 233 Å². The molecule has 0 bridgehead atoms. The Kier molecular flexibility index (Phi) is 36.4. The van der Waals surface area contributed by atoms with Crippen molar-refractivity contribution in [1.29, 1.82) is 0 Å². The lowest BCUT2D eigenvalue weighted by Gasteiger charge is -2.18. The largest absolute Gasteiger partial charge is 0.462 e. The van der Waals surface area contributed by atoms with Crippen LogP contribution in [0.2, 0.25) is 0 Å². The zero-order chi connectivity index (χ0) is 36.0. The third-order valence-electron chi connectivity index (χ3n) is 9.54. The lowest BCUT2D eigenvalue weighted by atomic mass is 10.0. The van der Waals surface area contributed by atoms with E-state index in [1.165, 1.54) is 122 Å². The van der Waals surface area contributed by atoms with Crippen molar-refractivity contribution in [3.63, 3.8) is 0 Å². The topological polar surface area (TPSA) is 78.9 Å². The number of hydrogen-bond donors (Lipinski definition) is 0. The maximum atomic E-state index is 12.6. The van der Waals surface area contributed by atoms with Crippen molar-refractivity contribution in [2.24, 2.45) is 5.92 Å². The van der Waals surface area contributed by atoms with E-state index in [0.717, 1.165) is 70.1 Å². The second-order valence-corrected chi connectivity index (χ2v) is 15.1. The molecule has 0 saturated heterocycles. The van der Waals surface area contributed by atoms with Gasteiger partial charge >= 0.3 is 17.9 Å². The molecule has 0 rings (SSSR count). The number of carbonyl (C=O) groups excluding carboxylic acids is 3.